The highest BCUT2D eigenvalue weighted by Crippen LogP contribution is 2.15. The van der Waals surface area contributed by atoms with Crippen molar-refractivity contribution in [3.63, 3.8) is 0 Å². The van der Waals surface area contributed by atoms with Crippen LogP contribution in [0.5, 0.6) is 0 Å². The van der Waals surface area contributed by atoms with Crippen molar-refractivity contribution in [1.29, 1.82) is 0 Å². The quantitative estimate of drug-likeness (QED) is 0.710. The smallest absolute Gasteiger partial charge is 0.407 e. The first-order valence-electron chi connectivity index (χ1n) is 9.47. The number of carbonyl (C=O) groups is 1. The van der Waals surface area contributed by atoms with Crippen LogP contribution in [0, 0.1) is 0 Å². The SMILES string of the molecule is CC(C)(C)OC(=O)N[C@@H](CCc1ccccc1)CCS(=O)(=O)c1ccccc1. The van der Waals surface area contributed by atoms with Crippen molar-refractivity contribution in [2.75, 3.05) is 5.75 Å². The number of carbonyl (C=O) groups excluding carboxylic acids is 1. The van der Waals surface area contributed by atoms with Crippen molar-refractivity contribution in [2.45, 2.75) is 56.6 Å². The van der Waals surface area contributed by atoms with Crippen LogP contribution in [-0.2, 0) is 21.0 Å². The van der Waals surface area contributed by atoms with Crippen molar-refractivity contribution in [2.24, 2.45) is 0 Å². The van der Waals surface area contributed by atoms with E-state index in [4.69, 9.17) is 4.74 Å². The predicted molar refractivity (Wildman–Crippen MR) is 111 cm³/mol. The fraction of sp³-hybridized carbons (Fsp3) is 0.409. The van der Waals surface area contributed by atoms with Gasteiger partial charge in [-0.2, -0.15) is 0 Å². The lowest BCUT2D eigenvalue weighted by Gasteiger charge is -2.24. The minimum Gasteiger partial charge on any atom is -0.444 e. The Balaban J connectivity index is 2.03. The highest BCUT2D eigenvalue weighted by atomic mass is 32.2. The van der Waals surface area contributed by atoms with E-state index in [2.05, 4.69) is 5.32 Å². The molecule has 2 aromatic carbocycles. The van der Waals surface area contributed by atoms with E-state index in [-0.39, 0.29) is 11.8 Å². The van der Waals surface area contributed by atoms with Gasteiger partial charge in [-0.15, -0.1) is 0 Å². The van der Waals surface area contributed by atoms with Crippen LogP contribution in [0.25, 0.3) is 0 Å². The number of ether oxygens (including phenoxy) is 1. The Hall–Kier alpha value is -2.34. The number of amides is 1. The molecule has 0 saturated carbocycles. The zero-order valence-corrected chi connectivity index (χ0v) is 17.5. The summed E-state index contributed by atoms with van der Waals surface area (Å²) in [5.41, 5.74) is 0.536. The monoisotopic (exact) mass is 403 g/mol. The van der Waals surface area contributed by atoms with E-state index in [0.29, 0.717) is 17.7 Å². The van der Waals surface area contributed by atoms with Crippen LogP contribution in [-0.4, -0.2) is 31.9 Å². The van der Waals surface area contributed by atoms with Gasteiger partial charge in [0.2, 0.25) is 0 Å². The summed E-state index contributed by atoms with van der Waals surface area (Å²) in [6.45, 7) is 5.39. The molecule has 2 rings (SSSR count). The second-order valence-electron chi connectivity index (χ2n) is 7.79. The maximum absolute atomic E-state index is 12.6. The van der Waals surface area contributed by atoms with Gasteiger partial charge < -0.3 is 10.1 Å². The normalized spacial score (nSPS) is 13.0. The number of rotatable bonds is 8. The topological polar surface area (TPSA) is 72.5 Å². The molecule has 0 spiro atoms. The van der Waals surface area contributed by atoms with Gasteiger partial charge in [0.25, 0.3) is 0 Å². The first-order valence-corrected chi connectivity index (χ1v) is 11.1. The highest BCUT2D eigenvalue weighted by Gasteiger charge is 2.22. The van der Waals surface area contributed by atoms with Crippen LogP contribution >= 0.6 is 0 Å². The Bertz CT molecular complexity index is 843. The molecule has 0 aliphatic heterocycles. The fourth-order valence-corrected chi connectivity index (χ4v) is 4.19. The highest BCUT2D eigenvalue weighted by molar-refractivity contribution is 7.91. The molecule has 2 aromatic rings. The van der Waals surface area contributed by atoms with E-state index in [1.807, 2.05) is 30.3 Å². The van der Waals surface area contributed by atoms with Gasteiger partial charge >= 0.3 is 6.09 Å². The van der Waals surface area contributed by atoms with Crippen LogP contribution in [0.2, 0.25) is 0 Å². The summed E-state index contributed by atoms with van der Waals surface area (Å²) in [6.07, 6.45) is 1.17. The van der Waals surface area contributed by atoms with Gasteiger partial charge in [-0.1, -0.05) is 48.5 Å². The van der Waals surface area contributed by atoms with Crippen molar-refractivity contribution in [1.82, 2.24) is 5.32 Å². The standard InChI is InChI=1S/C22H29NO4S/c1-22(2,3)27-21(24)23-19(15-14-18-10-6-4-7-11-18)16-17-28(25,26)20-12-8-5-9-13-20/h4-13,19H,14-17H2,1-3H3,(H,23,24)/t19-/m0/s1. The summed E-state index contributed by atoms with van der Waals surface area (Å²) >= 11 is 0. The summed E-state index contributed by atoms with van der Waals surface area (Å²) in [7, 11) is -3.40. The molecule has 1 atom stereocenters. The van der Waals surface area contributed by atoms with Crippen molar-refractivity contribution < 1.29 is 17.9 Å². The molecule has 0 bridgehead atoms. The molecule has 0 aliphatic rings. The Morgan fingerprint density at radius 3 is 2.11 bits per heavy atom. The zero-order valence-electron chi connectivity index (χ0n) is 16.7. The van der Waals surface area contributed by atoms with E-state index in [9.17, 15) is 13.2 Å². The molecule has 0 heterocycles. The number of hydrogen-bond acceptors (Lipinski definition) is 4. The summed E-state index contributed by atoms with van der Waals surface area (Å²) in [4.78, 5) is 12.5. The third-order valence-electron chi connectivity index (χ3n) is 4.18. The van der Waals surface area contributed by atoms with E-state index in [1.165, 1.54) is 0 Å². The number of benzene rings is 2. The van der Waals surface area contributed by atoms with E-state index in [0.717, 1.165) is 12.0 Å². The van der Waals surface area contributed by atoms with Crippen molar-refractivity contribution in [3.05, 3.63) is 66.2 Å². The molecule has 0 unspecified atom stereocenters. The lowest BCUT2D eigenvalue weighted by atomic mass is 10.0. The molecular formula is C22H29NO4S. The molecule has 152 valence electrons. The van der Waals surface area contributed by atoms with Crippen LogP contribution in [0.4, 0.5) is 4.79 Å². The largest absolute Gasteiger partial charge is 0.444 e. The number of hydrogen-bond donors (Lipinski definition) is 1. The van der Waals surface area contributed by atoms with Crippen LogP contribution in [0.3, 0.4) is 0 Å². The third-order valence-corrected chi connectivity index (χ3v) is 5.95. The van der Waals surface area contributed by atoms with Gasteiger partial charge in [0.05, 0.1) is 10.6 Å². The van der Waals surface area contributed by atoms with Gasteiger partial charge in [-0.25, -0.2) is 13.2 Å². The lowest BCUT2D eigenvalue weighted by Crippen LogP contribution is -2.40. The summed E-state index contributed by atoms with van der Waals surface area (Å²) in [6, 6.07) is 18.0. The maximum atomic E-state index is 12.6. The van der Waals surface area contributed by atoms with Crippen LogP contribution in [0.15, 0.2) is 65.6 Å². The van der Waals surface area contributed by atoms with E-state index in [1.54, 1.807) is 51.1 Å². The second kappa shape index (κ2) is 9.73. The molecule has 28 heavy (non-hydrogen) atoms. The van der Waals surface area contributed by atoms with Gasteiger partial charge in [0, 0.05) is 6.04 Å². The lowest BCUT2D eigenvalue weighted by molar-refractivity contribution is 0.0500. The van der Waals surface area contributed by atoms with Crippen molar-refractivity contribution in [3.8, 4) is 0 Å². The summed E-state index contributed by atoms with van der Waals surface area (Å²) in [5, 5.41) is 2.84. The molecule has 0 radical (unpaired) electrons. The molecule has 0 aliphatic carbocycles. The predicted octanol–water partition coefficient (Wildman–Crippen LogP) is 4.38. The second-order valence-corrected chi connectivity index (χ2v) is 9.90. The Morgan fingerprint density at radius 1 is 0.964 bits per heavy atom. The average Bonchev–Trinajstić information content (AvgIpc) is 2.64. The van der Waals surface area contributed by atoms with Crippen LogP contribution < -0.4 is 5.32 Å². The summed E-state index contributed by atoms with van der Waals surface area (Å²) < 4.78 is 30.5. The molecule has 1 amide bonds. The molecule has 0 saturated heterocycles. The Kier molecular flexibility index (Phi) is 7.63. The number of nitrogens with one attached hydrogen (secondary N) is 1. The minimum atomic E-state index is -3.40. The van der Waals surface area contributed by atoms with Gasteiger partial charge in [-0.3, -0.25) is 0 Å². The first kappa shape index (κ1) is 22.0. The van der Waals surface area contributed by atoms with Gasteiger partial charge in [-0.05, 0) is 57.7 Å². The average molecular weight is 404 g/mol. The van der Waals surface area contributed by atoms with Crippen LogP contribution in [0.1, 0.15) is 39.2 Å². The minimum absolute atomic E-state index is 0.0354. The Morgan fingerprint density at radius 2 is 1.54 bits per heavy atom. The third kappa shape index (κ3) is 7.72. The molecule has 6 heteroatoms. The summed E-state index contributed by atoms with van der Waals surface area (Å²) in [5.74, 6) is -0.0354. The molecule has 0 aromatic heterocycles. The maximum Gasteiger partial charge on any atom is 0.407 e. The fourth-order valence-electron chi connectivity index (χ4n) is 2.79. The van der Waals surface area contributed by atoms with Gasteiger partial charge in [0.1, 0.15) is 5.60 Å². The van der Waals surface area contributed by atoms with Gasteiger partial charge in [0.15, 0.2) is 9.84 Å². The van der Waals surface area contributed by atoms with E-state index < -0.39 is 21.5 Å². The molecule has 1 N–H and O–H groups in total. The number of sulfone groups is 1. The molecule has 5 nitrogen and oxygen atoms in total. The number of alkyl carbamates (subject to hydrolysis) is 1. The van der Waals surface area contributed by atoms with E-state index >= 15 is 0 Å². The number of aryl methyl sites for hydroxylation is 1. The Labute approximate surface area is 168 Å². The first-order chi connectivity index (χ1) is 13.2. The zero-order chi connectivity index (χ0) is 20.6. The van der Waals surface area contributed by atoms with Crippen molar-refractivity contribution >= 4 is 15.9 Å². The molecular weight excluding hydrogens is 374 g/mol. The molecule has 0 fully saturated rings.